The zero-order chi connectivity index (χ0) is 16.8. The summed E-state index contributed by atoms with van der Waals surface area (Å²) in [5, 5.41) is 19.6. The molecule has 0 amide bonds. The van der Waals surface area contributed by atoms with Gasteiger partial charge < -0.3 is 0 Å². The molecule has 0 unspecified atom stereocenters. The second-order valence-corrected chi connectivity index (χ2v) is 5.50. The molecule has 0 saturated heterocycles. The molecule has 0 aliphatic heterocycles. The van der Waals surface area contributed by atoms with Gasteiger partial charge in [0.2, 0.25) is 11.6 Å². The van der Waals surface area contributed by atoms with Crippen LogP contribution in [0.3, 0.4) is 0 Å². The summed E-state index contributed by atoms with van der Waals surface area (Å²) in [4.78, 5) is 8.54. The van der Waals surface area contributed by atoms with Gasteiger partial charge in [0.15, 0.2) is 0 Å². The van der Waals surface area contributed by atoms with E-state index in [4.69, 9.17) is 0 Å². The van der Waals surface area contributed by atoms with Crippen molar-refractivity contribution in [3.05, 3.63) is 48.3 Å². The highest BCUT2D eigenvalue weighted by Crippen LogP contribution is 2.13. The molecule has 0 saturated carbocycles. The third kappa shape index (κ3) is 3.82. The first-order chi connectivity index (χ1) is 11.8. The lowest BCUT2D eigenvalue weighted by Gasteiger charge is -2.06. The normalized spacial score (nSPS) is 10.5. The molecule has 7 nitrogen and oxygen atoms in total. The Labute approximate surface area is 141 Å². The minimum absolute atomic E-state index is 0.373. The van der Waals surface area contributed by atoms with Crippen molar-refractivity contribution in [1.29, 1.82) is 0 Å². The van der Waals surface area contributed by atoms with Crippen molar-refractivity contribution in [2.45, 2.75) is 13.3 Å². The molecule has 3 aromatic heterocycles. The summed E-state index contributed by atoms with van der Waals surface area (Å²) in [5.41, 5.74) is 3.10. The van der Waals surface area contributed by atoms with Gasteiger partial charge in [-0.15, -0.1) is 29.3 Å². The fraction of sp³-hybridized carbons (Fsp3) is 0.188. The van der Waals surface area contributed by atoms with Crippen LogP contribution in [0, 0.1) is 0 Å². The lowest BCUT2D eigenvalue weighted by atomic mass is 10.2. The van der Waals surface area contributed by atoms with Gasteiger partial charge in [-0.3, -0.25) is 15.3 Å². The third-order valence-electron chi connectivity index (χ3n) is 3.21. The van der Waals surface area contributed by atoms with E-state index in [1.165, 1.54) is 0 Å². The van der Waals surface area contributed by atoms with Gasteiger partial charge in [0, 0.05) is 23.4 Å². The molecule has 0 aromatic carbocycles. The van der Waals surface area contributed by atoms with E-state index in [9.17, 15) is 0 Å². The molecule has 0 spiro atoms. The van der Waals surface area contributed by atoms with Crippen molar-refractivity contribution in [2.75, 3.05) is 6.54 Å². The van der Waals surface area contributed by atoms with E-state index < -0.39 is 0 Å². The smallest absolute Gasteiger partial charge is 0.221 e. The maximum absolute atomic E-state index is 4.37. The van der Waals surface area contributed by atoms with Crippen LogP contribution in [-0.4, -0.2) is 42.3 Å². The molecule has 120 valence electrons. The molecule has 3 aromatic rings. The highest BCUT2D eigenvalue weighted by molar-refractivity contribution is 7.21. The van der Waals surface area contributed by atoms with Crippen molar-refractivity contribution < 1.29 is 0 Å². The fourth-order valence-corrected chi connectivity index (χ4v) is 2.23. The molecule has 8 heteroatoms. The van der Waals surface area contributed by atoms with Gasteiger partial charge in [0.1, 0.15) is 11.4 Å². The van der Waals surface area contributed by atoms with Crippen LogP contribution in [-0.2, 0) is 0 Å². The van der Waals surface area contributed by atoms with Crippen LogP contribution in [0.15, 0.2) is 42.7 Å². The van der Waals surface area contributed by atoms with E-state index in [0.29, 0.717) is 23.0 Å². The largest absolute Gasteiger partial charge is 0.285 e. The van der Waals surface area contributed by atoms with E-state index >= 15 is 0 Å². The Morgan fingerprint density at radius 2 is 1.67 bits per heavy atom. The second-order valence-electron chi connectivity index (χ2n) is 5.00. The zero-order valence-corrected chi connectivity index (χ0v) is 14.1. The Hall–Kier alpha value is -2.63. The summed E-state index contributed by atoms with van der Waals surface area (Å²) in [6.07, 6.45) is 4.47. The first kappa shape index (κ1) is 16.2. The predicted octanol–water partition coefficient (Wildman–Crippen LogP) is 2.01. The summed E-state index contributed by atoms with van der Waals surface area (Å²) in [7, 11) is 3.56. The predicted molar refractivity (Wildman–Crippen MR) is 94.8 cm³/mol. The van der Waals surface area contributed by atoms with Crippen LogP contribution in [0.25, 0.3) is 23.0 Å². The van der Waals surface area contributed by atoms with Crippen LogP contribution in [0.1, 0.15) is 18.9 Å². The minimum Gasteiger partial charge on any atom is -0.285 e. The SMILES string of the molecule is CCCNC(=P)c1ccc(-c2nnc(-c3ccccn3)nn2)nc1. The van der Waals surface area contributed by atoms with Gasteiger partial charge in [-0.2, -0.15) is 0 Å². The molecule has 1 N–H and O–H groups in total. The number of nitrogens with one attached hydrogen (secondary N) is 1. The number of nitrogens with zero attached hydrogens (tertiary/aromatic N) is 6. The summed E-state index contributed by atoms with van der Waals surface area (Å²) < 4.78 is 0. The van der Waals surface area contributed by atoms with Crippen molar-refractivity contribution in [3.8, 4) is 23.0 Å². The van der Waals surface area contributed by atoms with Crippen LogP contribution in [0.4, 0.5) is 0 Å². The molecular formula is C16H16N7P. The summed E-state index contributed by atoms with van der Waals surface area (Å²) in [5.74, 6) is 0.758. The van der Waals surface area contributed by atoms with Crippen LogP contribution in [0.5, 0.6) is 0 Å². The number of rotatable bonds is 6. The average Bonchev–Trinajstić information content (AvgIpc) is 2.67. The molecule has 24 heavy (non-hydrogen) atoms. The maximum atomic E-state index is 4.37. The van der Waals surface area contributed by atoms with Crippen LogP contribution in [0.2, 0.25) is 0 Å². The molecule has 0 aliphatic carbocycles. The maximum Gasteiger partial charge on any atom is 0.221 e. The first-order valence-corrected chi connectivity index (χ1v) is 8.06. The number of aromatic nitrogens is 6. The number of pyridine rings is 2. The average molecular weight is 337 g/mol. The summed E-state index contributed by atoms with van der Waals surface area (Å²) >= 11 is 0. The minimum atomic E-state index is 0.373. The summed E-state index contributed by atoms with van der Waals surface area (Å²) in [6.45, 7) is 3.01. The quantitative estimate of drug-likeness (QED) is 0.688. The van der Waals surface area contributed by atoms with Gasteiger partial charge in [0.25, 0.3) is 0 Å². The monoisotopic (exact) mass is 337 g/mol. The van der Waals surface area contributed by atoms with Crippen molar-refractivity contribution >= 4 is 14.3 Å². The van der Waals surface area contributed by atoms with Gasteiger partial charge in [-0.05, 0) is 37.2 Å². The van der Waals surface area contributed by atoms with E-state index in [1.54, 1.807) is 12.4 Å². The topological polar surface area (TPSA) is 89.4 Å². The Kier molecular flexibility index (Phi) is 5.25. The van der Waals surface area contributed by atoms with Gasteiger partial charge in [-0.25, -0.2) is 0 Å². The van der Waals surface area contributed by atoms with Gasteiger partial charge in [0.05, 0.1) is 0 Å². The van der Waals surface area contributed by atoms with Crippen LogP contribution >= 0.6 is 8.86 Å². The molecule has 0 radical (unpaired) electrons. The molecule has 0 aliphatic rings. The molecular weight excluding hydrogens is 321 g/mol. The third-order valence-corrected chi connectivity index (χ3v) is 3.67. The highest BCUT2D eigenvalue weighted by atomic mass is 31.0. The van der Waals surface area contributed by atoms with Gasteiger partial charge >= 0.3 is 0 Å². The lowest BCUT2D eigenvalue weighted by Crippen LogP contribution is -2.22. The first-order valence-electron chi connectivity index (χ1n) is 7.56. The van der Waals surface area contributed by atoms with Crippen LogP contribution < -0.4 is 5.32 Å². The molecule has 0 bridgehead atoms. The van der Waals surface area contributed by atoms with Crippen molar-refractivity contribution in [2.24, 2.45) is 0 Å². The Balaban J connectivity index is 1.76. The van der Waals surface area contributed by atoms with Crippen molar-refractivity contribution in [1.82, 2.24) is 35.7 Å². The Morgan fingerprint density at radius 3 is 2.21 bits per heavy atom. The Bertz CT molecular complexity index is 804. The van der Waals surface area contributed by atoms with Crippen molar-refractivity contribution in [3.63, 3.8) is 0 Å². The van der Waals surface area contributed by atoms with E-state index in [2.05, 4.69) is 51.5 Å². The van der Waals surface area contributed by atoms with E-state index in [0.717, 1.165) is 23.9 Å². The zero-order valence-electron chi connectivity index (χ0n) is 13.1. The fourth-order valence-electron chi connectivity index (χ4n) is 1.96. The standard InChI is InChI=1S/C16H16N7P/c1-2-8-18-16(24)11-6-7-13(19-10-11)15-22-20-14(21-23-15)12-5-3-4-9-17-12/h3-7,9-10,18,24H,2,8H2,1H3. The van der Waals surface area contributed by atoms with E-state index in [1.807, 2.05) is 30.3 Å². The molecule has 0 atom stereocenters. The summed E-state index contributed by atoms with van der Waals surface area (Å²) in [6, 6.07) is 9.27. The molecule has 3 heterocycles. The van der Waals surface area contributed by atoms with Gasteiger partial charge in [-0.1, -0.05) is 13.0 Å². The highest BCUT2D eigenvalue weighted by Gasteiger charge is 2.09. The number of hydrogen-bond acceptors (Lipinski definition) is 6. The lowest BCUT2D eigenvalue weighted by molar-refractivity contribution is 0.847. The van der Waals surface area contributed by atoms with E-state index in [-0.39, 0.29) is 0 Å². The second kappa shape index (κ2) is 7.77. The molecule has 0 fully saturated rings. The molecule has 3 rings (SSSR count). The number of hydrogen-bond donors (Lipinski definition) is 1. The Morgan fingerprint density at radius 1 is 0.958 bits per heavy atom.